The van der Waals surface area contributed by atoms with Gasteiger partial charge in [-0.1, -0.05) is 12.1 Å². The molecule has 4 rings (SSSR count). The van der Waals surface area contributed by atoms with Crippen molar-refractivity contribution in [3.05, 3.63) is 90.3 Å². The van der Waals surface area contributed by atoms with Gasteiger partial charge in [0, 0.05) is 29.8 Å². The second kappa shape index (κ2) is 8.52. The summed E-state index contributed by atoms with van der Waals surface area (Å²) in [6.45, 7) is 1.82. The van der Waals surface area contributed by atoms with Crippen molar-refractivity contribution in [1.29, 1.82) is 0 Å². The molecule has 0 aliphatic rings. The molecule has 0 saturated heterocycles. The van der Waals surface area contributed by atoms with E-state index in [-0.39, 0.29) is 18.1 Å². The molecule has 0 radical (unpaired) electrons. The number of halogens is 1. The number of carbonyl (C=O) groups excluding carboxylic acids is 1. The average Bonchev–Trinajstić information content (AvgIpc) is 3.26. The van der Waals surface area contributed by atoms with E-state index in [1.54, 1.807) is 41.2 Å². The van der Waals surface area contributed by atoms with Gasteiger partial charge in [-0.2, -0.15) is 5.10 Å². The number of nitrogens with zero attached hydrogens (tertiary/aromatic N) is 4. The smallest absolute Gasteiger partial charge is 0.228 e. The lowest BCUT2D eigenvalue weighted by Crippen LogP contribution is -2.14. The fourth-order valence-electron chi connectivity index (χ4n) is 2.92. The maximum atomic E-state index is 13.0. The van der Waals surface area contributed by atoms with Crippen LogP contribution in [0.1, 0.15) is 11.4 Å². The first-order valence-electron chi connectivity index (χ1n) is 9.32. The number of hydrogen-bond acceptors (Lipinski definition) is 5. The Morgan fingerprint density at radius 2 is 1.77 bits per heavy atom. The van der Waals surface area contributed by atoms with Gasteiger partial charge in [0.05, 0.1) is 6.42 Å². The third-order valence-electron chi connectivity index (χ3n) is 4.28. The van der Waals surface area contributed by atoms with Crippen LogP contribution >= 0.6 is 0 Å². The van der Waals surface area contributed by atoms with Crippen molar-refractivity contribution in [2.24, 2.45) is 0 Å². The van der Waals surface area contributed by atoms with Gasteiger partial charge in [-0.25, -0.2) is 19.0 Å². The summed E-state index contributed by atoms with van der Waals surface area (Å²) in [6, 6.07) is 16.8. The highest BCUT2D eigenvalue weighted by Crippen LogP contribution is 2.19. The highest BCUT2D eigenvalue weighted by molar-refractivity contribution is 5.92. The minimum absolute atomic E-state index is 0.169. The molecule has 0 spiro atoms. The van der Waals surface area contributed by atoms with E-state index in [9.17, 15) is 9.18 Å². The summed E-state index contributed by atoms with van der Waals surface area (Å²) in [4.78, 5) is 21.0. The number of nitrogens with one attached hydrogen (secondary N) is 2. The molecular formula is C22H19FN6O. The SMILES string of the molecule is Cc1nc(Nc2ccc(NC(=O)Cc3ccc(F)cc3)cc2)cc(-n2cccn2)n1. The Labute approximate surface area is 172 Å². The van der Waals surface area contributed by atoms with Crippen LogP contribution in [0.15, 0.2) is 73.1 Å². The van der Waals surface area contributed by atoms with Crippen LogP contribution in [0.3, 0.4) is 0 Å². The monoisotopic (exact) mass is 402 g/mol. The van der Waals surface area contributed by atoms with Gasteiger partial charge in [-0.05, 0) is 55.0 Å². The summed E-state index contributed by atoms with van der Waals surface area (Å²) in [5, 5.41) is 10.3. The molecule has 2 N–H and O–H groups in total. The molecule has 0 bridgehead atoms. The van der Waals surface area contributed by atoms with Crippen LogP contribution in [0.25, 0.3) is 5.82 Å². The number of amides is 1. The first kappa shape index (κ1) is 19.3. The molecule has 8 heteroatoms. The van der Waals surface area contributed by atoms with Crippen LogP contribution in [0.4, 0.5) is 21.6 Å². The molecule has 2 aromatic heterocycles. The normalized spacial score (nSPS) is 10.6. The molecular weight excluding hydrogens is 383 g/mol. The van der Waals surface area contributed by atoms with E-state index in [0.29, 0.717) is 23.1 Å². The van der Waals surface area contributed by atoms with E-state index in [4.69, 9.17) is 0 Å². The Kier molecular flexibility index (Phi) is 5.47. The molecule has 0 atom stereocenters. The van der Waals surface area contributed by atoms with Crippen LogP contribution in [-0.2, 0) is 11.2 Å². The van der Waals surface area contributed by atoms with Crippen LogP contribution in [0, 0.1) is 12.7 Å². The van der Waals surface area contributed by atoms with Gasteiger partial charge in [0.15, 0.2) is 5.82 Å². The lowest BCUT2D eigenvalue weighted by molar-refractivity contribution is -0.115. The summed E-state index contributed by atoms with van der Waals surface area (Å²) < 4.78 is 14.6. The van der Waals surface area contributed by atoms with E-state index in [0.717, 1.165) is 11.3 Å². The van der Waals surface area contributed by atoms with Crippen molar-refractivity contribution in [3.8, 4) is 5.82 Å². The molecule has 0 aliphatic heterocycles. The third-order valence-corrected chi connectivity index (χ3v) is 4.28. The Balaban J connectivity index is 1.40. The Hall–Kier alpha value is -4.07. The predicted molar refractivity (Wildman–Crippen MR) is 112 cm³/mol. The van der Waals surface area contributed by atoms with Gasteiger partial charge in [-0.15, -0.1) is 0 Å². The van der Waals surface area contributed by atoms with Crippen LogP contribution < -0.4 is 10.6 Å². The van der Waals surface area contributed by atoms with E-state index in [1.165, 1.54) is 12.1 Å². The predicted octanol–water partition coefficient (Wildman–Crippen LogP) is 4.03. The van der Waals surface area contributed by atoms with E-state index < -0.39 is 0 Å². The Morgan fingerprint density at radius 1 is 1.03 bits per heavy atom. The number of carbonyl (C=O) groups is 1. The van der Waals surface area contributed by atoms with Crippen molar-refractivity contribution < 1.29 is 9.18 Å². The van der Waals surface area contributed by atoms with Crippen LogP contribution in [-0.4, -0.2) is 25.7 Å². The summed E-state index contributed by atoms with van der Waals surface area (Å²) in [6.07, 6.45) is 3.68. The fraction of sp³-hybridized carbons (Fsp3) is 0.0909. The number of rotatable bonds is 6. The molecule has 2 heterocycles. The Bertz CT molecular complexity index is 1140. The first-order chi connectivity index (χ1) is 14.5. The summed E-state index contributed by atoms with van der Waals surface area (Å²) in [7, 11) is 0. The lowest BCUT2D eigenvalue weighted by Gasteiger charge is -2.10. The van der Waals surface area contributed by atoms with Gasteiger partial charge < -0.3 is 10.6 Å². The van der Waals surface area contributed by atoms with Crippen molar-refractivity contribution in [1.82, 2.24) is 19.7 Å². The zero-order valence-electron chi connectivity index (χ0n) is 16.2. The van der Waals surface area contributed by atoms with Gasteiger partial charge >= 0.3 is 0 Å². The molecule has 7 nitrogen and oxygen atoms in total. The highest BCUT2D eigenvalue weighted by atomic mass is 19.1. The molecule has 0 aliphatic carbocycles. The molecule has 2 aromatic carbocycles. The maximum absolute atomic E-state index is 13.0. The first-order valence-corrected chi connectivity index (χ1v) is 9.32. The third kappa shape index (κ3) is 4.85. The van der Waals surface area contributed by atoms with Crippen LogP contribution in [0.2, 0.25) is 0 Å². The van der Waals surface area contributed by atoms with Gasteiger partial charge in [0.1, 0.15) is 17.5 Å². The van der Waals surface area contributed by atoms with Gasteiger partial charge in [-0.3, -0.25) is 4.79 Å². The molecule has 150 valence electrons. The molecule has 4 aromatic rings. The standard InChI is InChI=1S/C22H19FN6O/c1-15-25-20(14-21(26-15)29-12-2-11-24-29)27-18-7-9-19(10-8-18)28-22(30)13-16-3-5-17(23)6-4-16/h2-12,14H,13H2,1H3,(H,28,30)(H,25,26,27). The van der Waals surface area contributed by atoms with Gasteiger partial charge in [0.25, 0.3) is 0 Å². The average molecular weight is 402 g/mol. The van der Waals surface area contributed by atoms with Crippen molar-refractivity contribution in [3.63, 3.8) is 0 Å². The largest absolute Gasteiger partial charge is 0.340 e. The quantitative estimate of drug-likeness (QED) is 0.509. The fourth-order valence-corrected chi connectivity index (χ4v) is 2.92. The zero-order valence-corrected chi connectivity index (χ0v) is 16.2. The van der Waals surface area contributed by atoms with Gasteiger partial charge in [0.2, 0.25) is 5.91 Å². The maximum Gasteiger partial charge on any atom is 0.228 e. The van der Waals surface area contributed by atoms with E-state index in [2.05, 4.69) is 25.7 Å². The van der Waals surface area contributed by atoms with E-state index >= 15 is 0 Å². The Morgan fingerprint density at radius 3 is 2.47 bits per heavy atom. The molecule has 0 unspecified atom stereocenters. The zero-order chi connectivity index (χ0) is 20.9. The van der Waals surface area contributed by atoms with Crippen LogP contribution in [0.5, 0.6) is 0 Å². The number of aryl methyl sites for hydroxylation is 1. The number of anilines is 3. The van der Waals surface area contributed by atoms with E-state index in [1.807, 2.05) is 31.3 Å². The molecule has 1 amide bonds. The molecule has 0 fully saturated rings. The highest BCUT2D eigenvalue weighted by Gasteiger charge is 2.07. The second-order valence-electron chi connectivity index (χ2n) is 6.66. The number of benzene rings is 2. The minimum atomic E-state index is -0.321. The lowest BCUT2D eigenvalue weighted by atomic mass is 10.1. The summed E-state index contributed by atoms with van der Waals surface area (Å²) in [5.74, 6) is 1.44. The van der Waals surface area contributed by atoms with Crippen molar-refractivity contribution in [2.75, 3.05) is 10.6 Å². The summed E-state index contributed by atoms with van der Waals surface area (Å²) in [5.41, 5.74) is 2.24. The number of aromatic nitrogens is 4. The van der Waals surface area contributed by atoms with Crippen molar-refractivity contribution in [2.45, 2.75) is 13.3 Å². The minimum Gasteiger partial charge on any atom is -0.340 e. The topological polar surface area (TPSA) is 84.7 Å². The second-order valence-corrected chi connectivity index (χ2v) is 6.66. The van der Waals surface area contributed by atoms with Crippen molar-refractivity contribution >= 4 is 23.1 Å². The molecule has 0 saturated carbocycles. The molecule has 30 heavy (non-hydrogen) atoms. The number of hydrogen-bond donors (Lipinski definition) is 2. The summed E-state index contributed by atoms with van der Waals surface area (Å²) >= 11 is 0.